The molecular formula is C21H25N5O4S2. The van der Waals surface area contributed by atoms with Crippen LogP contribution >= 0.6 is 11.3 Å². The second-order valence-electron chi connectivity index (χ2n) is 7.96. The number of hydrogen-bond acceptors (Lipinski definition) is 7. The lowest BCUT2D eigenvalue weighted by Crippen LogP contribution is -2.46. The minimum Gasteiger partial charge on any atom is -0.340 e. The zero-order chi connectivity index (χ0) is 23.0. The molecule has 0 aliphatic carbocycles. The first-order valence-corrected chi connectivity index (χ1v) is 12.5. The van der Waals surface area contributed by atoms with E-state index in [1.807, 2.05) is 7.05 Å². The van der Waals surface area contributed by atoms with Crippen molar-refractivity contribution < 1.29 is 13.2 Å². The highest BCUT2D eigenvalue weighted by Gasteiger charge is 2.27. The summed E-state index contributed by atoms with van der Waals surface area (Å²) in [5, 5.41) is 3.18. The van der Waals surface area contributed by atoms with Crippen LogP contribution in [-0.2, 0) is 21.4 Å². The van der Waals surface area contributed by atoms with E-state index in [1.54, 1.807) is 36.6 Å². The number of anilines is 1. The van der Waals surface area contributed by atoms with E-state index in [0.29, 0.717) is 52.9 Å². The zero-order valence-corrected chi connectivity index (χ0v) is 19.8. The lowest BCUT2D eigenvalue weighted by Gasteiger charge is -2.31. The first-order chi connectivity index (χ1) is 15.1. The first-order valence-electron chi connectivity index (χ1n) is 10.2. The van der Waals surface area contributed by atoms with E-state index < -0.39 is 10.0 Å². The van der Waals surface area contributed by atoms with Gasteiger partial charge in [-0.2, -0.15) is 4.31 Å². The Balaban J connectivity index is 1.52. The maximum atomic E-state index is 13.0. The summed E-state index contributed by atoms with van der Waals surface area (Å²) < 4.78 is 30.0. The summed E-state index contributed by atoms with van der Waals surface area (Å²) >= 11 is 1.23. The Labute approximate surface area is 190 Å². The molecule has 0 spiro atoms. The molecule has 32 heavy (non-hydrogen) atoms. The van der Waals surface area contributed by atoms with Gasteiger partial charge in [-0.05, 0) is 39.1 Å². The number of rotatable bonds is 5. The molecule has 1 N–H and O–H groups in total. The number of nitrogens with zero attached hydrogens (tertiary/aromatic N) is 4. The molecule has 1 saturated heterocycles. The van der Waals surface area contributed by atoms with Gasteiger partial charge in [-0.25, -0.2) is 13.4 Å². The molecule has 1 amide bonds. The number of pyridine rings is 1. The van der Waals surface area contributed by atoms with Gasteiger partial charge in [0.05, 0.1) is 15.1 Å². The van der Waals surface area contributed by atoms with E-state index in [1.165, 1.54) is 27.8 Å². The predicted molar refractivity (Wildman–Crippen MR) is 125 cm³/mol. The van der Waals surface area contributed by atoms with Crippen LogP contribution in [0.15, 0.2) is 40.0 Å². The fourth-order valence-electron chi connectivity index (χ4n) is 3.74. The van der Waals surface area contributed by atoms with Crippen molar-refractivity contribution in [3.63, 3.8) is 0 Å². The molecule has 0 bridgehead atoms. The lowest BCUT2D eigenvalue weighted by molar-refractivity contribution is -0.116. The number of carbonyl (C=O) groups excluding carboxylic acids is 1. The average molecular weight is 476 g/mol. The Hall–Kier alpha value is -2.60. The number of benzene rings is 1. The normalized spacial score (nSPS) is 15.8. The van der Waals surface area contributed by atoms with Gasteiger partial charge in [-0.3, -0.25) is 9.59 Å². The number of sulfonamides is 1. The summed E-state index contributed by atoms with van der Waals surface area (Å²) in [7, 11) is -1.60. The number of aromatic nitrogens is 2. The molecule has 0 saturated carbocycles. The Bertz CT molecular complexity index is 1310. The molecule has 1 aliphatic heterocycles. The second kappa shape index (κ2) is 8.74. The molecule has 1 fully saturated rings. The Morgan fingerprint density at radius 1 is 1.09 bits per heavy atom. The van der Waals surface area contributed by atoms with Gasteiger partial charge < -0.3 is 14.8 Å². The number of amides is 1. The zero-order valence-electron chi connectivity index (χ0n) is 18.2. The average Bonchev–Trinajstić information content (AvgIpc) is 3.12. The third kappa shape index (κ3) is 4.60. The van der Waals surface area contributed by atoms with Crippen molar-refractivity contribution in [2.45, 2.75) is 25.3 Å². The largest absolute Gasteiger partial charge is 0.340 e. The molecule has 1 aromatic carbocycles. The number of aryl methyl sites for hydroxylation is 2. The highest BCUT2D eigenvalue weighted by Crippen LogP contribution is 2.29. The van der Waals surface area contributed by atoms with Crippen LogP contribution in [0.3, 0.4) is 0 Å². The van der Waals surface area contributed by atoms with Crippen LogP contribution < -0.4 is 10.7 Å². The Morgan fingerprint density at radius 3 is 2.41 bits per heavy atom. The molecule has 3 heterocycles. The number of thiazole rings is 1. The summed E-state index contributed by atoms with van der Waals surface area (Å²) in [5.41, 5.74) is 1.94. The van der Waals surface area contributed by atoms with E-state index in [-0.39, 0.29) is 22.8 Å². The number of piperazine rings is 1. The van der Waals surface area contributed by atoms with Crippen LogP contribution in [-0.4, -0.2) is 66.3 Å². The van der Waals surface area contributed by atoms with Crippen LogP contribution in [0, 0.1) is 13.8 Å². The van der Waals surface area contributed by atoms with Crippen LogP contribution in [0.5, 0.6) is 0 Å². The van der Waals surface area contributed by atoms with E-state index in [4.69, 9.17) is 0 Å². The van der Waals surface area contributed by atoms with Crippen molar-refractivity contribution in [3.05, 3.63) is 51.9 Å². The summed E-state index contributed by atoms with van der Waals surface area (Å²) in [6.07, 6.45) is 0. The molecule has 170 valence electrons. The van der Waals surface area contributed by atoms with Crippen molar-refractivity contribution >= 4 is 42.6 Å². The van der Waals surface area contributed by atoms with Gasteiger partial charge in [0.1, 0.15) is 6.54 Å². The van der Waals surface area contributed by atoms with Crippen molar-refractivity contribution in [1.29, 1.82) is 0 Å². The van der Waals surface area contributed by atoms with Gasteiger partial charge >= 0.3 is 0 Å². The molecular weight excluding hydrogens is 450 g/mol. The predicted octanol–water partition coefficient (Wildman–Crippen LogP) is 1.65. The topological polar surface area (TPSA) is 105 Å². The molecule has 1 aliphatic rings. The van der Waals surface area contributed by atoms with Crippen LogP contribution in [0.1, 0.15) is 11.4 Å². The summed E-state index contributed by atoms with van der Waals surface area (Å²) in [5.74, 6) is -0.274. The Morgan fingerprint density at radius 2 is 1.75 bits per heavy atom. The van der Waals surface area contributed by atoms with Gasteiger partial charge in [0.2, 0.25) is 15.9 Å². The maximum absolute atomic E-state index is 13.0. The van der Waals surface area contributed by atoms with E-state index in [0.717, 1.165) is 0 Å². The number of nitrogens with one attached hydrogen (secondary N) is 1. The molecule has 11 heteroatoms. The molecule has 0 radical (unpaired) electrons. The van der Waals surface area contributed by atoms with Crippen LogP contribution in [0.2, 0.25) is 0 Å². The number of likely N-dealkylation sites (N-methyl/N-ethyl adjacent to an activating group) is 1. The van der Waals surface area contributed by atoms with Crippen LogP contribution in [0.25, 0.3) is 10.2 Å². The Kier molecular flexibility index (Phi) is 6.17. The van der Waals surface area contributed by atoms with Gasteiger partial charge in [0.25, 0.3) is 0 Å². The molecule has 0 unspecified atom stereocenters. The van der Waals surface area contributed by atoms with E-state index in [2.05, 4.69) is 15.2 Å². The SMILES string of the molecule is Cc1cc(=O)cc(C)n1CC(=O)Nc1nc2ccc(S(=O)(=O)N3CCN(C)CC3)cc2s1. The number of carbonyl (C=O) groups is 1. The third-order valence-corrected chi connectivity index (χ3v) is 8.39. The quantitative estimate of drug-likeness (QED) is 0.602. The molecule has 3 aromatic rings. The van der Waals surface area contributed by atoms with Crippen molar-refractivity contribution in [3.8, 4) is 0 Å². The highest BCUT2D eigenvalue weighted by atomic mass is 32.2. The molecule has 9 nitrogen and oxygen atoms in total. The maximum Gasteiger partial charge on any atom is 0.246 e. The number of hydrogen-bond donors (Lipinski definition) is 1. The third-order valence-electron chi connectivity index (χ3n) is 5.56. The first kappa shape index (κ1) is 22.6. The standard InChI is InChI=1S/C21H25N5O4S2/c1-14-10-16(27)11-15(2)26(14)13-20(28)23-21-22-18-5-4-17(12-19(18)31-21)32(29,30)25-8-6-24(3)7-9-25/h4-5,10-12H,6-9,13H2,1-3H3,(H,22,23,28). The monoisotopic (exact) mass is 475 g/mol. The van der Waals surface area contributed by atoms with Crippen molar-refractivity contribution in [2.75, 3.05) is 38.5 Å². The van der Waals surface area contributed by atoms with Gasteiger partial charge in [-0.1, -0.05) is 11.3 Å². The summed E-state index contributed by atoms with van der Waals surface area (Å²) in [6, 6.07) is 7.82. The molecule has 4 rings (SSSR count). The van der Waals surface area contributed by atoms with Crippen LogP contribution in [0.4, 0.5) is 5.13 Å². The van der Waals surface area contributed by atoms with E-state index >= 15 is 0 Å². The number of fused-ring (bicyclic) bond motifs is 1. The summed E-state index contributed by atoms with van der Waals surface area (Å²) in [4.78, 5) is 30.9. The van der Waals surface area contributed by atoms with Crippen molar-refractivity contribution in [2.24, 2.45) is 0 Å². The molecule has 2 aromatic heterocycles. The van der Waals surface area contributed by atoms with Gasteiger partial charge in [0.15, 0.2) is 10.6 Å². The van der Waals surface area contributed by atoms with Crippen molar-refractivity contribution in [1.82, 2.24) is 18.8 Å². The fraction of sp³-hybridized carbons (Fsp3) is 0.381. The highest BCUT2D eigenvalue weighted by molar-refractivity contribution is 7.89. The van der Waals surface area contributed by atoms with Gasteiger partial charge in [0, 0.05) is 49.7 Å². The fourth-order valence-corrected chi connectivity index (χ4v) is 6.18. The second-order valence-corrected chi connectivity index (χ2v) is 10.9. The smallest absolute Gasteiger partial charge is 0.246 e. The minimum atomic E-state index is -3.58. The van der Waals surface area contributed by atoms with Gasteiger partial charge in [-0.15, -0.1) is 0 Å². The minimum absolute atomic E-state index is 0.0525. The van der Waals surface area contributed by atoms with E-state index in [9.17, 15) is 18.0 Å². The molecule has 0 atom stereocenters. The lowest BCUT2D eigenvalue weighted by atomic mass is 10.3. The summed E-state index contributed by atoms with van der Waals surface area (Å²) in [6.45, 7) is 5.94.